The van der Waals surface area contributed by atoms with Crippen LogP contribution >= 0.6 is 11.3 Å². The Bertz CT molecular complexity index is 1140. The summed E-state index contributed by atoms with van der Waals surface area (Å²) in [6, 6.07) is 15.2. The maximum atomic E-state index is 13.0. The summed E-state index contributed by atoms with van der Waals surface area (Å²) >= 11 is 1.18. The Morgan fingerprint density at radius 2 is 1.69 bits per heavy atom. The van der Waals surface area contributed by atoms with E-state index in [1.807, 2.05) is 30.3 Å². The number of halogens is 1. The minimum atomic E-state index is -3.74. The third kappa shape index (κ3) is 5.07. The Morgan fingerprint density at radius 1 is 1.03 bits per heavy atom. The molecule has 3 aromatic rings. The van der Waals surface area contributed by atoms with Crippen LogP contribution < -0.4 is 11.1 Å². The van der Waals surface area contributed by atoms with Crippen molar-refractivity contribution in [2.45, 2.75) is 11.3 Å². The van der Waals surface area contributed by atoms with Crippen molar-refractivity contribution in [3.63, 3.8) is 0 Å². The Hall–Kier alpha value is -3.04. The van der Waals surface area contributed by atoms with Gasteiger partial charge in [0, 0.05) is 11.3 Å². The summed E-state index contributed by atoms with van der Waals surface area (Å²) in [4.78, 5) is 24.7. The summed E-state index contributed by atoms with van der Waals surface area (Å²) in [7, 11) is -3.74. The summed E-state index contributed by atoms with van der Waals surface area (Å²) in [5.41, 5.74) is 6.42. The molecule has 2 aromatic carbocycles. The minimum absolute atomic E-state index is 0.0630. The van der Waals surface area contributed by atoms with E-state index < -0.39 is 33.2 Å². The first-order valence-corrected chi connectivity index (χ1v) is 11.0. The lowest BCUT2D eigenvalue weighted by Crippen LogP contribution is -2.19. The molecule has 0 saturated heterocycles. The van der Waals surface area contributed by atoms with Gasteiger partial charge in [0.05, 0.1) is 16.2 Å². The molecule has 0 spiro atoms. The van der Waals surface area contributed by atoms with E-state index in [-0.39, 0.29) is 21.9 Å². The van der Waals surface area contributed by atoms with E-state index in [9.17, 15) is 22.4 Å². The van der Waals surface area contributed by atoms with Crippen molar-refractivity contribution >= 4 is 38.0 Å². The number of nitrogens with two attached hydrogens (primary N) is 1. The van der Waals surface area contributed by atoms with Gasteiger partial charge in [-0.3, -0.25) is 9.59 Å². The number of rotatable bonds is 7. The first-order chi connectivity index (χ1) is 13.8. The Kier molecular flexibility index (Phi) is 6.09. The molecule has 1 heterocycles. The fraction of sp³-hybridized carbons (Fsp3) is 0.100. The molecule has 3 N–H and O–H groups in total. The summed E-state index contributed by atoms with van der Waals surface area (Å²) in [6.45, 7) is 0. The van der Waals surface area contributed by atoms with Gasteiger partial charge in [-0.1, -0.05) is 30.3 Å². The average molecular weight is 432 g/mol. The second-order valence-corrected chi connectivity index (χ2v) is 9.32. The summed E-state index contributed by atoms with van der Waals surface area (Å²) in [6.07, 6.45) is -0.323. The molecule has 0 saturated carbocycles. The van der Waals surface area contributed by atoms with E-state index in [0.717, 1.165) is 34.7 Å². The van der Waals surface area contributed by atoms with Crippen LogP contribution in [0.4, 0.5) is 9.39 Å². The quantitative estimate of drug-likeness (QED) is 0.558. The molecule has 0 bridgehead atoms. The number of nitrogens with one attached hydrogen (secondary N) is 1. The largest absolute Gasteiger partial charge is 0.366 e. The van der Waals surface area contributed by atoms with E-state index >= 15 is 0 Å². The fourth-order valence-electron chi connectivity index (χ4n) is 2.59. The van der Waals surface area contributed by atoms with E-state index in [1.165, 1.54) is 11.3 Å². The lowest BCUT2D eigenvalue weighted by atomic mass is 10.1. The van der Waals surface area contributed by atoms with Gasteiger partial charge in [0.2, 0.25) is 5.91 Å². The highest BCUT2D eigenvalue weighted by molar-refractivity contribution is 7.91. The zero-order valence-corrected chi connectivity index (χ0v) is 16.7. The van der Waals surface area contributed by atoms with Crippen molar-refractivity contribution < 1.29 is 22.4 Å². The Balaban J connectivity index is 1.72. The molecule has 6 nitrogen and oxygen atoms in total. The van der Waals surface area contributed by atoms with Gasteiger partial charge in [-0.15, -0.1) is 11.3 Å². The Labute approximate surface area is 171 Å². The number of hydrogen-bond donors (Lipinski definition) is 2. The standard InChI is InChI=1S/C20H17FN2O4S2/c21-14-6-8-15(9-7-14)29(26,27)11-10-18(24)23-20-16(19(22)25)12-17(28-20)13-4-2-1-3-5-13/h1-9,12H,10-11H2,(H2,22,25)(H,23,24). The van der Waals surface area contributed by atoms with Crippen LogP contribution in [0.15, 0.2) is 65.6 Å². The first kappa shape index (κ1) is 20.7. The van der Waals surface area contributed by atoms with Gasteiger partial charge in [0.1, 0.15) is 10.8 Å². The number of thiophene rings is 1. The van der Waals surface area contributed by atoms with Crippen LogP contribution in [-0.4, -0.2) is 26.0 Å². The maximum Gasteiger partial charge on any atom is 0.251 e. The first-order valence-electron chi connectivity index (χ1n) is 8.53. The average Bonchev–Trinajstić information content (AvgIpc) is 3.12. The summed E-state index contributed by atoms with van der Waals surface area (Å²) < 4.78 is 37.5. The van der Waals surface area contributed by atoms with Crippen LogP contribution in [0.2, 0.25) is 0 Å². The van der Waals surface area contributed by atoms with Gasteiger partial charge >= 0.3 is 0 Å². The second-order valence-electron chi connectivity index (χ2n) is 6.15. The molecular formula is C20H17FN2O4S2. The van der Waals surface area contributed by atoms with Crippen molar-refractivity contribution in [2.24, 2.45) is 5.73 Å². The second kappa shape index (κ2) is 8.54. The molecule has 0 unspecified atom stereocenters. The Morgan fingerprint density at radius 3 is 2.31 bits per heavy atom. The van der Waals surface area contributed by atoms with Crippen LogP contribution in [-0.2, 0) is 14.6 Å². The third-order valence-electron chi connectivity index (χ3n) is 4.08. The van der Waals surface area contributed by atoms with Gasteiger partial charge < -0.3 is 11.1 Å². The predicted molar refractivity (Wildman–Crippen MR) is 110 cm³/mol. The molecule has 150 valence electrons. The lowest BCUT2D eigenvalue weighted by Gasteiger charge is -2.06. The lowest BCUT2D eigenvalue weighted by molar-refractivity contribution is -0.115. The number of amides is 2. The molecule has 0 radical (unpaired) electrons. The highest BCUT2D eigenvalue weighted by Gasteiger charge is 2.20. The maximum absolute atomic E-state index is 13.0. The summed E-state index contributed by atoms with van der Waals surface area (Å²) in [5.74, 6) is -2.27. The molecule has 0 atom stereocenters. The number of carbonyl (C=O) groups is 2. The molecule has 0 aliphatic rings. The smallest absolute Gasteiger partial charge is 0.251 e. The molecule has 0 aliphatic carbocycles. The van der Waals surface area contributed by atoms with E-state index in [2.05, 4.69) is 5.32 Å². The van der Waals surface area contributed by atoms with Gasteiger partial charge in [0.15, 0.2) is 9.84 Å². The van der Waals surface area contributed by atoms with Gasteiger partial charge in [-0.2, -0.15) is 0 Å². The van der Waals surface area contributed by atoms with Crippen molar-refractivity contribution in [1.82, 2.24) is 0 Å². The van der Waals surface area contributed by atoms with Crippen LogP contribution in [0.5, 0.6) is 0 Å². The highest BCUT2D eigenvalue weighted by Crippen LogP contribution is 2.35. The van der Waals surface area contributed by atoms with Crippen molar-refractivity contribution in [3.8, 4) is 10.4 Å². The van der Waals surface area contributed by atoms with Crippen molar-refractivity contribution in [1.29, 1.82) is 0 Å². The SMILES string of the molecule is NC(=O)c1cc(-c2ccccc2)sc1NC(=O)CCS(=O)(=O)c1ccc(F)cc1. The van der Waals surface area contributed by atoms with Crippen LogP contribution in [0, 0.1) is 5.82 Å². The number of sulfone groups is 1. The predicted octanol–water partition coefficient (Wildman–Crippen LogP) is 3.46. The number of anilines is 1. The number of benzene rings is 2. The molecule has 3 rings (SSSR count). The third-order valence-corrected chi connectivity index (χ3v) is 6.91. The molecule has 29 heavy (non-hydrogen) atoms. The van der Waals surface area contributed by atoms with Gasteiger partial charge in [-0.05, 0) is 35.9 Å². The van der Waals surface area contributed by atoms with Crippen LogP contribution in [0.1, 0.15) is 16.8 Å². The topological polar surface area (TPSA) is 106 Å². The molecular weight excluding hydrogens is 415 g/mol. The van der Waals surface area contributed by atoms with Crippen LogP contribution in [0.3, 0.4) is 0 Å². The normalized spacial score (nSPS) is 11.2. The summed E-state index contributed by atoms with van der Waals surface area (Å²) in [5, 5.41) is 2.83. The molecule has 1 aromatic heterocycles. The highest BCUT2D eigenvalue weighted by atomic mass is 32.2. The number of hydrogen-bond acceptors (Lipinski definition) is 5. The zero-order chi connectivity index (χ0) is 21.0. The van der Waals surface area contributed by atoms with E-state index in [1.54, 1.807) is 6.07 Å². The zero-order valence-electron chi connectivity index (χ0n) is 15.1. The van der Waals surface area contributed by atoms with E-state index in [4.69, 9.17) is 5.73 Å². The monoisotopic (exact) mass is 432 g/mol. The van der Waals surface area contributed by atoms with Gasteiger partial charge in [-0.25, -0.2) is 12.8 Å². The van der Waals surface area contributed by atoms with Gasteiger partial charge in [0.25, 0.3) is 5.91 Å². The fourth-order valence-corrected chi connectivity index (χ4v) is 4.91. The van der Waals surface area contributed by atoms with E-state index in [0.29, 0.717) is 0 Å². The molecule has 0 aliphatic heterocycles. The molecule has 9 heteroatoms. The van der Waals surface area contributed by atoms with Crippen molar-refractivity contribution in [3.05, 3.63) is 72.0 Å². The molecule has 0 fully saturated rings. The number of carbonyl (C=O) groups excluding carboxylic acids is 2. The minimum Gasteiger partial charge on any atom is -0.366 e. The number of primary amides is 1. The van der Waals surface area contributed by atoms with Crippen LogP contribution in [0.25, 0.3) is 10.4 Å². The molecule has 2 amide bonds. The van der Waals surface area contributed by atoms with Crippen molar-refractivity contribution in [2.75, 3.05) is 11.1 Å².